The number of carbonyl (C=O) groups excluding carboxylic acids is 2. The molecule has 2 aromatic carbocycles. The van der Waals surface area contributed by atoms with Gasteiger partial charge in [-0.1, -0.05) is 18.2 Å². The van der Waals surface area contributed by atoms with Gasteiger partial charge in [0.2, 0.25) is 5.91 Å². The molecule has 0 atom stereocenters. The Bertz CT molecular complexity index is 1000. The molecule has 4 rings (SSSR count). The third kappa shape index (κ3) is 4.52. The largest absolute Gasteiger partial charge is 0.482 e. The van der Waals surface area contributed by atoms with E-state index in [9.17, 15) is 9.59 Å². The van der Waals surface area contributed by atoms with E-state index >= 15 is 0 Å². The fourth-order valence-electron chi connectivity index (χ4n) is 2.67. The van der Waals surface area contributed by atoms with Crippen molar-refractivity contribution >= 4 is 45.7 Å². The van der Waals surface area contributed by atoms with E-state index in [4.69, 9.17) is 4.74 Å². The van der Waals surface area contributed by atoms with Gasteiger partial charge in [-0.2, -0.15) is 0 Å². The molecule has 1 aliphatic heterocycles. The SMILES string of the molecule is O=C(CCSc1ccccc1)Nc1nc(-c2ccc3c(c2)NC(=O)CO3)cs1. The summed E-state index contributed by atoms with van der Waals surface area (Å²) in [5.74, 6) is 1.11. The number of fused-ring (bicyclic) bond motifs is 1. The first-order valence-electron chi connectivity index (χ1n) is 8.68. The monoisotopic (exact) mass is 411 g/mol. The van der Waals surface area contributed by atoms with Gasteiger partial charge in [-0.15, -0.1) is 23.1 Å². The highest BCUT2D eigenvalue weighted by Gasteiger charge is 2.17. The minimum Gasteiger partial charge on any atom is -0.482 e. The number of ether oxygens (including phenoxy) is 1. The number of rotatable bonds is 6. The third-order valence-electron chi connectivity index (χ3n) is 4.00. The molecule has 0 aliphatic carbocycles. The summed E-state index contributed by atoms with van der Waals surface area (Å²) in [5.41, 5.74) is 2.22. The molecule has 0 saturated carbocycles. The second-order valence-electron chi connectivity index (χ2n) is 6.05. The first kappa shape index (κ1) is 18.5. The van der Waals surface area contributed by atoms with Gasteiger partial charge >= 0.3 is 0 Å². The van der Waals surface area contributed by atoms with Gasteiger partial charge in [-0.3, -0.25) is 9.59 Å². The van der Waals surface area contributed by atoms with Crippen LogP contribution >= 0.6 is 23.1 Å². The van der Waals surface area contributed by atoms with Gasteiger partial charge < -0.3 is 15.4 Å². The highest BCUT2D eigenvalue weighted by Crippen LogP contribution is 2.33. The number of carbonyl (C=O) groups is 2. The molecule has 0 saturated heterocycles. The summed E-state index contributed by atoms with van der Waals surface area (Å²) in [6, 6.07) is 15.5. The molecule has 3 aromatic rings. The standard InChI is InChI=1S/C20H17N3O3S2/c24-18(8-9-27-14-4-2-1-3-5-14)23-20-22-16(12-28-20)13-6-7-17-15(10-13)21-19(25)11-26-17/h1-7,10,12H,8-9,11H2,(H,21,25)(H,22,23,24). The third-order valence-corrected chi connectivity index (χ3v) is 5.77. The van der Waals surface area contributed by atoms with Crippen LogP contribution in [0.1, 0.15) is 6.42 Å². The fraction of sp³-hybridized carbons (Fsp3) is 0.150. The Morgan fingerprint density at radius 2 is 2.11 bits per heavy atom. The van der Waals surface area contributed by atoms with Crippen molar-refractivity contribution in [2.75, 3.05) is 23.0 Å². The van der Waals surface area contributed by atoms with Crippen molar-refractivity contribution in [2.24, 2.45) is 0 Å². The number of thioether (sulfide) groups is 1. The van der Waals surface area contributed by atoms with Crippen LogP contribution in [0.3, 0.4) is 0 Å². The summed E-state index contributed by atoms with van der Waals surface area (Å²) in [5, 5.41) is 8.07. The zero-order chi connectivity index (χ0) is 19.3. The van der Waals surface area contributed by atoms with Gasteiger partial charge in [0.05, 0.1) is 11.4 Å². The first-order valence-corrected chi connectivity index (χ1v) is 10.5. The number of amides is 2. The number of hydrogen-bond donors (Lipinski definition) is 2. The van der Waals surface area contributed by atoms with Crippen molar-refractivity contribution in [2.45, 2.75) is 11.3 Å². The van der Waals surface area contributed by atoms with Crippen LogP contribution in [0.5, 0.6) is 5.75 Å². The summed E-state index contributed by atoms with van der Waals surface area (Å²) in [6.07, 6.45) is 0.413. The molecule has 28 heavy (non-hydrogen) atoms. The number of thiazole rings is 1. The molecule has 8 heteroatoms. The van der Waals surface area contributed by atoms with Gasteiger partial charge in [0.1, 0.15) is 5.75 Å². The number of nitrogens with one attached hydrogen (secondary N) is 2. The van der Waals surface area contributed by atoms with Crippen LogP contribution < -0.4 is 15.4 Å². The number of nitrogens with zero attached hydrogens (tertiary/aromatic N) is 1. The van der Waals surface area contributed by atoms with Crippen molar-refractivity contribution < 1.29 is 14.3 Å². The van der Waals surface area contributed by atoms with E-state index in [1.807, 2.05) is 53.9 Å². The van der Waals surface area contributed by atoms with Crippen molar-refractivity contribution in [3.05, 3.63) is 53.9 Å². The van der Waals surface area contributed by atoms with Crippen LogP contribution in [-0.2, 0) is 9.59 Å². The summed E-state index contributed by atoms with van der Waals surface area (Å²) in [7, 11) is 0. The molecule has 1 aliphatic rings. The second-order valence-corrected chi connectivity index (χ2v) is 8.07. The maximum absolute atomic E-state index is 12.2. The van der Waals surface area contributed by atoms with Gasteiger partial charge in [-0.25, -0.2) is 4.98 Å². The second kappa shape index (κ2) is 8.45. The Morgan fingerprint density at radius 1 is 1.25 bits per heavy atom. The minimum absolute atomic E-state index is 0.0295. The lowest BCUT2D eigenvalue weighted by Gasteiger charge is -2.18. The molecular formula is C20H17N3O3S2. The predicted molar refractivity (Wildman–Crippen MR) is 112 cm³/mol. The molecule has 1 aromatic heterocycles. The van der Waals surface area contributed by atoms with Crippen molar-refractivity contribution in [3.8, 4) is 17.0 Å². The number of hydrogen-bond acceptors (Lipinski definition) is 6. The predicted octanol–water partition coefficient (Wildman–Crippen LogP) is 4.26. The van der Waals surface area contributed by atoms with Crippen LogP contribution in [-0.4, -0.2) is 29.2 Å². The Balaban J connectivity index is 1.34. The molecule has 2 N–H and O–H groups in total. The first-order chi connectivity index (χ1) is 13.7. The smallest absolute Gasteiger partial charge is 0.262 e. The zero-order valence-electron chi connectivity index (χ0n) is 14.8. The Morgan fingerprint density at radius 3 is 2.96 bits per heavy atom. The summed E-state index contributed by atoms with van der Waals surface area (Å²) >= 11 is 3.02. The molecule has 0 unspecified atom stereocenters. The number of anilines is 2. The van der Waals surface area contributed by atoms with Crippen LogP contribution in [0, 0.1) is 0 Å². The quantitative estimate of drug-likeness (QED) is 0.593. The molecule has 142 valence electrons. The van der Waals surface area contributed by atoms with E-state index < -0.39 is 0 Å². The maximum atomic E-state index is 12.2. The highest BCUT2D eigenvalue weighted by molar-refractivity contribution is 7.99. The van der Waals surface area contributed by atoms with E-state index in [-0.39, 0.29) is 18.4 Å². The lowest BCUT2D eigenvalue weighted by molar-refractivity contribution is -0.118. The zero-order valence-corrected chi connectivity index (χ0v) is 16.4. The highest BCUT2D eigenvalue weighted by atomic mass is 32.2. The molecule has 6 nitrogen and oxygen atoms in total. The molecule has 0 spiro atoms. The van der Waals surface area contributed by atoms with Gasteiger partial charge in [0.15, 0.2) is 11.7 Å². The van der Waals surface area contributed by atoms with Crippen LogP contribution in [0.2, 0.25) is 0 Å². The fourth-order valence-corrected chi connectivity index (χ4v) is 4.27. The van der Waals surface area contributed by atoms with E-state index in [0.717, 1.165) is 16.2 Å². The van der Waals surface area contributed by atoms with Gasteiger partial charge in [0, 0.05) is 28.0 Å². The van der Waals surface area contributed by atoms with Gasteiger partial charge in [-0.05, 0) is 30.3 Å². The van der Waals surface area contributed by atoms with E-state index in [0.29, 0.717) is 28.7 Å². The summed E-state index contributed by atoms with van der Waals surface area (Å²) in [4.78, 5) is 29.3. The number of benzene rings is 2. The lowest BCUT2D eigenvalue weighted by atomic mass is 10.1. The molecule has 0 bridgehead atoms. The summed E-state index contributed by atoms with van der Waals surface area (Å²) < 4.78 is 5.37. The molecule has 2 heterocycles. The lowest BCUT2D eigenvalue weighted by Crippen LogP contribution is -2.25. The van der Waals surface area contributed by atoms with Crippen LogP contribution in [0.4, 0.5) is 10.8 Å². The summed E-state index contributed by atoms with van der Waals surface area (Å²) in [6.45, 7) is 0.0295. The van der Waals surface area contributed by atoms with Crippen LogP contribution in [0.25, 0.3) is 11.3 Å². The number of aromatic nitrogens is 1. The van der Waals surface area contributed by atoms with Crippen LogP contribution in [0.15, 0.2) is 58.8 Å². The average Bonchev–Trinajstić information content (AvgIpc) is 3.16. The Labute approximate surface area is 170 Å². The molecule has 0 radical (unpaired) electrons. The molecular weight excluding hydrogens is 394 g/mol. The van der Waals surface area contributed by atoms with Crippen molar-refractivity contribution in [1.82, 2.24) is 4.98 Å². The van der Waals surface area contributed by atoms with E-state index in [1.165, 1.54) is 11.3 Å². The minimum atomic E-state index is -0.177. The van der Waals surface area contributed by atoms with Crippen molar-refractivity contribution in [3.63, 3.8) is 0 Å². The van der Waals surface area contributed by atoms with Crippen molar-refractivity contribution in [1.29, 1.82) is 0 Å². The molecule has 2 amide bonds. The Hall–Kier alpha value is -2.84. The maximum Gasteiger partial charge on any atom is 0.262 e. The normalized spacial score (nSPS) is 12.6. The average molecular weight is 412 g/mol. The van der Waals surface area contributed by atoms with E-state index in [2.05, 4.69) is 15.6 Å². The topological polar surface area (TPSA) is 80.3 Å². The Kier molecular flexibility index (Phi) is 5.59. The van der Waals surface area contributed by atoms with E-state index in [1.54, 1.807) is 11.8 Å². The molecule has 0 fully saturated rings. The van der Waals surface area contributed by atoms with Gasteiger partial charge in [0.25, 0.3) is 5.91 Å².